The number of amides is 1. The molecule has 0 saturated heterocycles. The van der Waals surface area contributed by atoms with E-state index in [1.54, 1.807) is 0 Å². The van der Waals surface area contributed by atoms with Crippen molar-refractivity contribution >= 4 is 11.6 Å². The van der Waals surface area contributed by atoms with Crippen LogP contribution in [0.15, 0.2) is 41.2 Å². The van der Waals surface area contributed by atoms with Crippen molar-refractivity contribution in [3.05, 3.63) is 74.7 Å². The predicted molar refractivity (Wildman–Crippen MR) is 130 cm³/mol. The van der Waals surface area contributed by atoms with Gasteiger partial charge in [-0.2, -0.15) is 0 Å². The van der Waals surface area contributed by atoms with Gasteiger partial charge in [0, 0.05) is 41.6 Å². The molecule has 170 valence electrons. The van der Waals surface area contributed by atoms with E-state index in [0.717, 1.165) is 42.6 Å². The monoisotopic (exact) mass is 433 g/mol. The molecule has 1 aliphatic carbocycles. The Kier molecular flexibility index (Phi) is 7.13. The van der Waals surface area contributed by atoms with Gasteiger partial charge in [0.25, 0.3) is 11.5 Å². The van der Waals surface area contributed by atoms with Crippen molar-refractivity contribution in [3.63, 3.8) is 0 Å². The number of carbonyl (C=O) groups excluding carboxylic acids is 1. The average molecular weight is 434 g/mol. The summed E-state index contributed by atoms with van der Waals surface area (Å²) >= 11 is 0. The number of hydrogen-bond acceptors (Lipinski definition) is 3. The van der Waals surface area contributed by atoms with Crippen LogP contribution in [0.5, 0.6) is 0 Å². The minimum Gasteiger partial charge on any atom is -0.369 e. The number of anilines is 1. The van der Waals surface area contributed by atoms with Crippen LogP contribution in [0, 0.1) is 6.92 Å². The first-order chi connectivity index (χ1) is 15.6. The molecular weight excluding hydrogens is 398 g/mol. The van der Waals surface area contributed by atoms with Gasteiger partial charge in [-0.1, -0.05) is 37.5 Å². The Bertz CT molecular complexity index is 1050. The maximum absolute atomic E-state index is 13.3. The fourth-order valence-electron chi connectivity index (χ4n) is 5.31. The minimum absolute atomic E-state index is 0.107. The van der Waals surface area contributed by atoms with Crippen molar-refractivity contribution in [2.75, 3.05) is 11.4 Å². The quantitative estimate of drug-likeness (QED) is 0.682. The van der Waals surface area contributed by atoms with Gasteiger partial charge in [-0.3, -0.25) is 9.59 Å². The molecule has 0 bridgehead atoms. The summed E-state index contributed by atoms with van der Waals surface area (Å²) in [6, 6.07) is 8.66. The second kappa shape index (κ2) is 10.2. The number of aromatic nitrogens is 1. The number of aryl methyl sites for hydroxylation is 2. The van der Waals surface area contributed by atoms with Gasteiger partial charge in [0.2, 0.25) is 0 Å². The van der Waals surface area contributed by atoms with Crippen LogP contribution >= 0.6 is 0 Å². The van der Waals surface area contributed by atoms with Gasteiger partial charge >= 0.3 is 0 Å². The molecule has 1 aliphatic heterocycles. The molecule has 2 aromatic rings. The molecule has 5 heteroatoms. The van der Waals surface area contributed by atoms with E-state index in [0.29, 0.717) is 17.2 Å². The van der Waals surface area contributed by atoms with Gasteiger partial charge in [-0.25, -0.2) is 0 Å². The molecule has 5 nitrogen and oxygen atoms in total. The molecule has 0 atom stereocenters. The number of nitrogens with one attached hydrogen (secondary N) is 2. The van der Waals surface area contributed by atoms with Crippen molar-refractivity contribution in [2.45, 2.75) is 77.8 Å². The van der Waals surface area contributed by atoms with E-state index in [-0.39, 0.29) is 18.0 Å². The molecule has 0 radical (unpaired) electrons. The van der Waals surface area contributed by atoms with Crippen LogP contribution in [0.2, 0.25) is 0 Å². The summed E-state index contributed by atoms with van der Waals surface area (Å²) in [4.78, 5) is 31.3. The highest BCUT2D eigenvalue weighted by molar-refractivity contribution is 5.97. The minimum atomic E-state index is -0.110. The van der Waals surface area contributed by atoms with E-state index < -0.39 is 0 Å². The number of hydrogen-bond donors (Lipinski definition) is 2. The van der Waals surface area contributed by atoms with Crippen LogP contribution in [0.1, 0.15) is 78.2 Å². The van der Waals surface area contributed by atoms with E-state index >= 15 is 0 Å². The van der Waals surface area contributed by atoms with Crippen molar-refractivity contribution in [1.82, 2.24) is 10.3 Å². The number of H-pyrrole nitrogens is 1. The number of nitrogens with zero attached hydrogens (tertiary/aromatic N) is 1. The average Bonchev–Trinajstić information content (AvgIpc) is 2.79. The summed E-state index contributed by atoms with van der Waals surface area (Å²) in [5, 5.41) is 3.04. The highest BCUT2D eigenvalue weighted by atomic mass is 16.1. The number of fused-ring (bicyclic) bond motifs is 2. The summed E-state index contributed by atoms with van der Waals surface area (Å²) in [7, 11) is 0. The maximum Gasteiger partial charge on any atom is 0.253 e. The van der Waals surface area contributed by atoms with Gasteiger partial charge in [0.05, 0.1) is 0 Å². The normalized spacial score (nSPS) is 18.5. The summed E-state index contributed by atoms with van der Waals surface area (Å²) in [5.41, 5.74) is 5.41. The first kappa shape index (κ1) is 22.4. The SMILES string of the molecule is CCN(c1cccc2c1C/C=C/CCc1cc(C)[nH]c(=O)c1CNC2=O)C1CCCCC1. The molecule has 1 aromatic heterocycles. The highest BCUT2D eigenvalue weighted by Crippen LogP contribution is 2.32. The number of rotatable bonds is 3. The fraction of sp³-hybridized carbons (Fsp3) is 0.481. The zero-order valence-electron chi connectivity index (χ0n) is 19.4. The number of pyridine rings is 1. The molecule has 4 rings (SSSR count). The van der Waals surface area contributed by atoms with E-state index in [9.17, 15) is 9.59 Å². The molecule has 2 N–H and O–H groups in total. The lowest BCUT2D eigenvalue weighted by atomic mass is 9.92. The Hall–Kier alpha value is -2.82. The fourth-order valence-corrected chi connectivity index (χ4v) is 5.31. The second-order valence-electron chi connectivity index (χ2n) is 9.06. The number of carbonyl (C=O) groups is 1. The molecule has 1 saturated carbocycles. The van der Waals surface area contributed by atoms with E-state index in [1.807, 2.05) is 25.1 Å². The number of aromatic amines is 1. The van der Waals surface area contributed by atoms with Gasteiger partial charge in [-0.15, -0.1) is 0 Å². The Morgan fingerprint density at radius 2 is 1.88 bits per heavy atom. The van der Waals surface area contributed by atoms with E-state index in [4.69, 9.17) is 0 Å². The maximum atomic E-state index is 13.3. The van der Waals surface area contributed by atoms with Crippen molar-refractivity contribution in [3.8, 4) is 0 Å². The van der Waals surface area contributed by atoms with Crippen molar-refractivity contribution in [2.24, 2.45) is 0 Å². The Labute approximate surface area is 190 Å². The third-order valence-corrected chi connectivity index (χ3v) is 6.92. The predicted octanol–water partition coefficient (Wildman–Crippen LogP) is 4.82. The topological polar surface area (TPSA) is 65.2 Å². The van der Waals surface area contributed by atoms with E-state index in [1.165, 1.54) is 37.8 Å². The first-order valence-electron chi connectivity index (χ1n) is 12.1. The third-order valence-electron chi connectivity index (χ3n) is 6.92. The van der Waals surface area contributed by atoms with Gasteiger partial charge in [0.15, 0.2) is 0 Å². The molecule has 1 aromatic carbocycles. The zero-order valence-corrected chi connectivity index (χ0v) is 19.4. The molecule has 2 aliphatic rings. The van der Waals surface area contributed by atoms with Crippen LogP contribution in [0.25, 0.3) is 0 Å². The lowest BCUT2D eigenvalue weighted by molar-refractivity contribution is 0.0950. The lowest BCUT2D eigenvalue weighted by Gasteiger charge is -2.37. The number of allylic oxidation sites excluding steroid dienone is 2. The molecule has 0 spiro atoms. The molecular formula is C27H35N3O2. The van der Waals surface area contributed by atoms with Crippen LogP contribution in [0.3, 0.4) is 0 Å². The Balaban J connectivity index is 1.70. The Morgan fingerprint density at radius 1 is 1.06 bits per heavy atom. The van der Waals surface area contributed by atoms with Gasteiger partial charge in [-0.05, 0) is 75.3 Å². The highest BCUT2D eigenvalue weighted by Gasteiger charge is 2.24. The van der Waals surface area contributed by atoms with Crippen LogP contribution in [-0.4, -0.2) is 23.5 Å². The van der Waals surface area contributed by atoms with Gasteiger partial charge < -0.3 is 15.2 Å². The summed E-state index contributed by atoms with van der Waals surface area (Å²) in [5.74, 6) is -0.110. The third kappa shape index (κ3) is 4.82. The Morgan fingerprint density at radius 3 is 2.66 bits per heavy atom. The largest absolute Gasteiger partial charge is 0.369 e. The molecule has 1 fully saturated rings. The lowest BCUT2D eigenvalue weighted by Crippen LogP contribution is -2.38. The molecule has 32 heavy (non-hydrogen) atoms. The smallest absolute Gasteiger partial charge is 0.253 e. The summed E-state index contributed by atoms with van der Waals surface area (Å²) in [6.45, 7) is 5.30. The second-order valence-corrected chi connectivity index (χ2v) is 9.06. The standard InChI is InChI=1S/C27H35N3O2/c1-3-30(21-12-7-5-8-13-21)25-16-10-15-23-22(25)14-9-4-6-11-20-17-19(2)29-27(32)24(20)18-28-26(23)31/h4,9-10,15-17,21H,3,5-8,11-14,18H2,1-2H3,(H,28,31)(H,29,32)/b9-4+. The van der Waals surface area contributed by atoms with Crippen LogP contribution < -0.4 is 15.8 Å². The molecule has 2 heterocycles. The molecule has 1 amide bonds. The van der Waals surface area contributed by atoms with Crippen LogP contribution in [-0.2, 0) is 19.4 Å². The van der Waals surface area contributed by atoms with Crippen LogP contribution in [0.4, 0.5) is 5.69 Å². The molecule has 0 unspecified atom stereocenters. The number of benzene rings is 1. The van der Waals surface area contributed by atoms with Crippen molar-refractivity contribution in [1.29, 1.82) is 0 Å². The summed E-state index contributed by atoms with van der Waals surface area (Å²) in [6.07, 6.45) is 13.1. The zero-order chi connectivity index (χ0) is 22.5. The summed E-state index contributed by atoms with van der Waals surface area (Å²) < 4.78 is 0. The first-order valence-corrected chi connectivity index (χ1v) is 12.1. The van der Waals surface area contributed by atoms with Gasteiger partial charge in [0.1, 0.15) is 0 Å². The van der Waals surface area contributed by atoms with Crippen molar-refractivity contribution < 1.29 is 4.79 Å². The van der Waals surface area contributed by atoms with E-state index in [2.05, 4.69) is 40.3 Å².